The Morgan fingerprint density at radius 3 is 3.05 bits per heavy atom. The zero-order chi connectivity index (χ0) is 14.5. The van der Waals surface area contributed by atoms with Crippen LogP contribution in [0.4, 0.5) is 5.69 Å². The van der Waals surface area contributed by atoms with Crippen LogP contribution < -0.4 is 11.3 Å². The van der Waals surface area contributed by atoms with Crippen LogP contribution in [0.1, 0.15) is 28.8 Å². The maximum absolute atomic E-state index is 12.6. The van der Waals surface area contributed by atoms with E-state index in [1.54, 1.807) is 7.11 Å². The van der Waals surface area contributed by atoms with E-state index in [0.717, 1.165) is 31.5 Å². The summed E-state index contributed by atoms with van der Waals surface area (Å²) in [4.78, 5) is 14.5. The number of benzene rings is 1. The Morgan fingerprint density at radius 2 is 2.35 bits per heavy atom. The van der Waals surface area contributed by atoms with Gasteiger partial charge in [0.25, 0.3) is 5.91 Å². The molecule has 0 bridgehead atoms. The molecule has 1 fully saturated rings. The Kier molecular flexibility index (Phi) is 4.98. The SMILES string of the molecule is COCC1CCCN(C(=O)c2ccc(C)cc2NN)C1. The molecule has 1 aromatic carbocycles. The van der Waals surface area contributed by atoms with Crippen molar-refractivity contribution in [2.45, 2.75) is 19.8 Å². The van der Waals surface area contributed by atoms with Crippen LogP contribution in [0, 0.1) is 12.8 Å². The van der Waals surface area contributed by atoms with Crippen molar-refractivity contribution in [2.75, 3.05) is 32.2 Å². The van der Waals surface area contributed by atoms with Gasteiger partial charge in [-0.15, -0.1) is 0 Å². The van der Waals surface area contributed by atoms with Crippen molar-refractivity contribution in [3.63, 3.8) is 0 Å². The van der Waals surface area contributed by atoms with Gasteiger partial charge < -0.3 is 15.1 Å². The molecule has 1 heterocycles. The number of nitrogen functional groups attached to an aromatic ring is 1. The van der Waals surface area contributed by atoms with Gasteiger partial charge in [-0.25, -0.2) is 0 Å². The molecule has 0 spiro atoms. The number of nitrogens with two attached hydrogens (primary N) is 1. The van der Waals surface area contributed by atoms with E-state index in [9.17, 15) is 4.79 Å². The van der Waals surface area contributed by atoms with Crippen molar-refractivity contribution < 1.29 is 9.53 Å². The molecule has 0 radical (unpaired) electrons. The number of carbonyl (C=O) groups is 1. The van der Waals surface area contributed by atoms with E-state index in [0.29, 0.717) is 23.8 Å². The Balaban J connectivity index is 2.14. The summed E-state index contributed by atoms with van der Waals surface area (Å²) in [7, 11) is 1.71. The minimum absolute atomic E-state index is 0.0405. The Labute approximate surface area is 120 Å². The number of anilines is 1. The lowest BCUT2D eigenvalue weighted by Gasteiger charge is -2.32. The second kappa shape index (κ2) is 6.72. The van der Waals surface area contributed by atoms with Crippen LogP contribution in [0.2, 0.25) is 0 Å². The Bertz CT molecular complexity index is 474. The van der Waals surface area contributed by atoms with Crippen LogP contribution in [-0.2, 0) is 4.74 Å². The third-order valence-corrected chi connectivity index (χ3v) is 3.77. The zero-order valence-electron chi connectivity index (χ0n) is 12.2. The third-order valence-electron chi connectivity index (χ3n) is 3.77. The summed E-state index contributed by atoms with van der Waals surface area (Å²) in [5.41, 5.74) is 5.01. The van der Waals surface area contributed by atoms with E-state index in [4.69, 9.17) is 10.6 Å². The number of amides is 1. The van der Waals surface area contributed by atoms with E-state index in [-0.39, 0.29) is 5.91 Å². The Morgan fingerprint density at radius 1 is 1.55 bits per heavy atom. The summed E-state index contributed by atoms with van der Waals surface area (Å²) >= 11 is 0. The standard InChI is InChI=1S/C15H23N3O2/c1-11-5-6-13(14(8-11)17-16)15(19)18-7-3-4-12(9-18)10-20-2/h5-6,8,12,17H,3-4,7,9-10,16H2,1-2H3. The number of methoxy groups -OCH3 is 1. The number of rotatable bonds is 4. The highest BCUT2D eigenvalue weighted by Gasteiger charge is 2.25. The van der Waals surface area contributed by atoms with Crippen molar-refractivity contribution in [1.82, 2.24) is 4.90 Å². The van der Waals surface area contributed by atoms with E-state index in [2.05, 4.69) is 5.43 Å². The van der Waals surface area contributed by atoms with Gasteiger partial charge in [-0.05, 0) is 43.4 Å². The number of hydrogen-bond acceptors (Lipinski definition) is 4. The fourth-order valence-corrected chi connectivity index (χ4v) is 2.76. The average molecular weight is 277 g/mol. The highest BCUT2D eigenvalue weighted by molar-refractivity contribution is 5.99. The first-order chi connectivity index (χ1) is 9.65. The lowest BCUT2D eigenvalue weighted by Crippen LogP contribution is -2.41. The molecule has 0 aliphatic carbocycles. The fourth-order valence-electron chi connectivity index (χ4n) is 2.76. The van der Waals surface area contributed by atoms with E-state index in [1.165, 1.54) is 0 Å². The zero-order valence-corrected chi connectivity index (χ0v) is 12.2. The highest BCUT2D eigenvalue weighted by atomic mass is 16.5. The lowest BCUT2D eigenvalue weighted by atomic mass is 9.98. The van der Waals surface area contributed by atoms with E-state index < -0.39 is 0 Å². The van der Waals surface area contributed by atoms with Crippen LogP contribution in [0.5, 0.6) is 0 Å². The summed E-state index contributed by atoms with van der Waals surface area (Å²) in [5.74, 6) is 5.99. The number of ether oxygens (including phenoxy) is 1. The number of hydrogen-bond donors (Lipinski definition) is 2. The maximum Gasteiger partial charge on any atom is 0.256 e. The normalized spacial score (nSPS) is 18.9. The molecule has 1 unspecified atom stereocenters. The second-order valence-electron chi connectivity index (χ2n) is 5.41. The number of aryl methyl sites for hydroxylation is 1. The predicted octanol–water partition coefficient (Wildman–Crippen LogP) is 1.78. The van der Waals surface area contributed by atoms with E-state index in [1.807, 2.05) is 30.0 Å². The van der Waals surface area contributed by atoms with Crippen LogP contribution in [0.3, 0.4) is 0 Å². The van der Waals surface area contributed by atoms with Crippen LogP contribution >= 0.6 is 0 Å². The van der Waals surface area contributed by atoms with Gasteiger partial charge in [0.15, 0.2) is 0 Å². The summed E-state index contributed by atoms with van der Waals surface area (Å²) in [6, 6.07) is 5.67. The number of piperidine rings is 1. The fraction of sp³-hybridized carbons (Fsp3) is 0.533. The van der Waals surface area contributed by atoms with Gasteiger partial charge in [-0.2, -0.15) is 0 Å². The molecule has 1 aliphatic rings. The van der Waals surface area contributed by atoms with Crippen LogP contribution in [0.25, 0.3) is 0 Å². The molecule has 0 saturated carbocycles. The predicted molar refractivity (Wildman–Crippen MR) is 79.5 cm³/mol. The number of nitrogens with zero attached hydrogens (tertiary/aromatic N) is 1. The highest BCUT2D eigenvalue weighted by Crippen LogP contribution is 2.23. The van der Waals surface area contributed by atoms with E-state index >= 15 is 0 Å². The maximum atomic E-state index is 12.6. The summed E-state index contributed by atoms with van der Waals surface area (Å²) in [6.07, 6.45) is 2.14. The molecule has 5 heteroatoms. The molecular formula is C15H23N3O2. The molecule has 0 aromatic heterocycles. The summed E-state index contributed by atoms with van der Waals surface area (Å²) in [6.45, 7) is 4.24. The molecule has 110 valence electrons. The topological polar surface area (TPSA) is 67.6 Å². The van der Waals surface area contributed by atoms with Crippen molar-refractivity contribution in [3.8, 4) is 0 Å². The number of likely N-dealkylation sites (tertiary alicyclic amines) is 1. The van der Waals surface area contributed by atoms with Gasteiger partial charge in [0, 0.05) is 20.2 Å². The number of carbonyl (C=O) groups excluding carboxylic acids is 1. The van der Waals surface area contributed by atoms with Gasteiger partial charge in [0.2, 0.25) is 0 Å². The lowest BCUT2D eigenvalue weighted by molar-refractivity contribution is 0.0572. The first-order valence-electron chi connectivity index (χ1n) is 7.01. The monoisotopic (exact) mass is 277 g/mol. The molecule has 1 amide bonds. The molecule has 1 saturated heterocycles. The number of nitrogens with one attached hydrogen (secondary N) is 1. The Hall–Kier alpha value is -1.59. The summed E-state index contributed by atoms with van der Waals surface area (Å²) < 4.78 is 5.21. The van der Waals surface area contributed by atoms with Gasteiger partial charge >= 0.3 is 0 Å². The minimum Gasteiger partial charge on any atom is -0.384 e. The molecule has 20 heavy (non-hydrogen) atoms. The van der Waals surface area contributed by atoms with Crippen molar-refractivity contribution in [2.24, 2.45) is 11.8 Å². The van der Waals surface area contributed by atoms with Crippen molar-refractivity contribution in [3.05, 3.63) is 29.3 Å². The largest absolute Gasteiger partial charge is 0.384 e. The van der Waals surface area contributed by atoms with Gasteiger partial charge in [-0.3, -0.25) is 10.6 Å². The first-order valence-corrected chi connectivity index (χ1v) is 7.01. The van der Waals surface area contributed by atoms with Gasteiger partial charge in [0.05, 0.1) is 17.9 Å². The van der Waals surface area contributed by atoms with Crippen LogP contribution in [0.15, 0.2) is 18.2 Å². The molecule has 1 aromatic rings. The van der Waals surface area contributed by atoms with Crippen molar-refractivity contribution in [1.29, 1.82) is 0 Å². The smallest absolute Gasteiger partial charge is 0.256 e. The molecular weight excluding hydrogens is 254 g/mol. The average Bonchev–Trinajstić information content (AvgIpc) is 2.47. The number of hydrazine groups is 1. The molecule has 2 rings (SSSR count). The molecule has 3 N–H and O–H groups in total. The summed E-state index contributed by atoms with van der Waals surface area (Å²) in [5, 5.41) is 0. The molecule has 1 aliphatic heterocycles. The molecule has 1 atom stereocenters. The second-order valence-corrected chi connectivity index (χ2v) is 5.41. The van der Waals surface area contributed by atoms with Gasteiger partial charge in [-0.1, -0.05) is 6.07 Å². The van der Waals surface area contributed by atoms with Crippen LogP contribution in [-0.4, -0.2) is 37.6 Å². The van der Waals surface area contributed by atoms with Gasteiger partial charge in [0.1, 0.15) is 0 Å². The first kappa shape index (κ1) is 14.8. The third kappa shape index (κ3) is 3.29. The molecule has 5 nitrogen and oxygen atoms in total. The minimum atomic E-state index is 0.0405. The van der Waals surface area contributed by atoms with Crippen molar-refractivity contribution >= 4 is 11.6 Å². The quantitative estimate of drug-likeness (QED) is 0.650.